The largest absolute Gasteiger partial charge is 0.398 e. The molecule has 0 fully saturated rings. The van der Waals surface area contributed by atoms with Crippen molar-refractivity contribution in [2.24, 2.45) is 0 Å². The van der Waals surface area contributed by atoms with Crippen molar-refractivity contribution < 1.29 is 9.59 Å². The van der Waals surface area contributed by atoms with Gasteiger partial charge in [0.15, 0.2) is 0 Å². The Kier molecular flexibility index (Phi) is 4.51. The molecule has 0 saturated carbocycles. The van der Waals surface area contributed by atoms with Crippen LogP contribution in [0.25, 0.3) is 0 Å². The van der Waals surface area contributed by atoms with Crippen molar-refractivity contribution in [2.45, 2.75) is 13.8 Å². The van der Waals surface area contributed by atoms with Crippen LogP contribution in [0.5, 0.6) is 0 Å². The average Bonchev–Trinajstić information content (AvgIpc) is 2.65. The van der Waals surface area contributed by atoms with Gasteiger partial charge in [-0.15, -0.1) is 11.3 Å². The lowest BCUT2D eigenvalue weighted by atomic mass is 10.3. The maximum atomic E-state index is 11.7. The number of nitrogens with two attached hydrogens (primary N) is 1. The molecule has 3 N–H and O–H groups in total. The van der Waals surface area contributed by atoms with Crippen LogP contribution < -0.4 is 11.1 Å². The van der Waals surface area contributed by atoms with Crippen molar-refractivity contribution in [1.29, 1.82) is 0 Å². The average molecular weight is 255 g/mol. The molecule has 0 spiro atoms. The number of aryl methyl sites for hydroxylation is 1. The summed E-state index contributed by atoms with van der Waals surface area (Å²) in [6.07, 6.45) is 0. The van der Waals surface area contributed by atoms with Crippen LogP contribution in [0.15, 0.2) is 6.07 Å². The minimum atomic E-state index is -0.257. The minimum Gasteiger partial charge on any atom is -0.398 e. The molecule has 2 amide bonds. The predicted octanol–water partition coefficient (Wildman–Crippen LogP) is 0.847. The first-order valence-electron chi connectivity index (χ1n) is 5.33. The second-order valence-corrected chi connectivity index (χ2v) is 4.97. The van der Waals surface area contributed by atoms with E-state index >= 15 is 0 Å². The van der Waals surface area contributed by atoms with E-state index in [1.807, 2.05) is 13.8 Å². The van der Waals surface area contributed by atoms with Gasteiger partial charge in [-0.3, -0.25) is 9.59 Å². The quantitative estimate of drug-likeness (QED) is 0.837. The van der Waals surface area contributed by atoms with Crippen molar-refractivity contribution >= 4 is 28.8 Å². The van der Waals surface area contributed by atoms with Crippen LogP contribution in [0.4, 0.5) is 5.69 Å². The third-order valence-corrected chi connectivity index (χ3v) is 3.55. The van der Waals surface area contributed by atoms with Crippen molar-refractivity contribution in [3.63, 3.8) is 0 Å². The van der Waals surface area contributed by atoms with Crippen LogP contribution >= 0.6 is 11.3 Å². The summed E-state index contributed by atoms with van der Waals surface area (Å²) in [5, 5.41) is 2.58. The molecule has 94 valence electrons. The number of nitrogens with one attached hydrogen (secondary N) is 1. The van der Waals surface area contributed by atoms with E-state index in [-0.39, 0.29) is 18.4 Å². The molecule has 0 radical (unpaired) electrons. The van der Waals surface area contributed by atoms with Gasteiger partial charge >= 0.3 is 0 Å². The lowest BCUT2D eigenvalue weighted by Crippen LogP contribution is -2.37. The molecule has 0 atom stereocenters. The molecule has 0 aliphatic heterocycles. The van der Waals surface area contributed by atoms with Gasteiger partial charge in [-0.05, 0) is 19.9 Å². The van der Waals surface area contributed by atoms with Crippen molar-refractivity contribution in [1.82, 2.24) is 10.2 Å². The topological polar surface area (TPSA) is 75.4 Å². The van der Waals surface area contributed by atoms with Crippen molar-refractivity contribution in [3.8, 4) is 0 Å². The van der Waals surface area contributed by atoms with E-state index in [4.69, 9.17) is 5.73 Å². The molecule has 1 heterocycles. The lowest BCUT2D eigenvalue weighted by Gasteiger charge is -2.14. The highest BCUT2D eigenvalue weighted by atomic mass is 32.1. The molecule has 6 heteroatoms. The molecule has 0 aliphatic rings. The van der Waals surface area contributed by atoms with Crippen LogP contribution in [-0.2, 0) is 4.79 Å². The maximum absolute atomic E-state index is 11.7. The first-order chi connectivity index (χ1) is 7.95. The Balaban J connectivity index is 2.53. The molecule has 0 aromatic carbocycles. The van der Waals surface area contributed by atoms with Gasteiger partial charge in [-0.25, -0.2) is 0 Å². The second kappa shape index (κ2) is 5.67. The van der Waals surface area contributed by atoms with Gasteiger partial charge in [0.25, 0.3) is 5.91 Å². The van der Waals surface area contributed by atoms with Gasteiger partial charge in [0.1, 0.15) is 0 Å². The number of likely N-dealkylation sites (N-methyl/N-ethyl adjacent to an activating group) is 1. The monoisotopic (exact) mass is 255 g/mol. The van der Waals surface area contributed by atoms with Gasteiger partial charge in [-0.2, -0.15) is 0 Å². The highest BCUT2D eigenvalue weighted by molar-refractivity contribution is 7.14. The van der Waals surface area contributed by atoms with E-state index in [2.05, 4.69) is 5.32 Å². The van der Waals surface area contributed by atoms with Crippen LogP contribution in [0.1, 0.15) is 21.5 Å². The Hall–Kier alpha value is -1.56. The fourth-order valence-corrected chi connectivity index (χ4v) is 2.02. The summed E-state index contributed by atoms with van der Waals surface area (Å²) in [6, 6.07) is 1.63. The first-order valence-corrected chi connectivity index (χ1v) is 6.15. The van der Waals surface area contributed by atoms with E-state index in [1.165, 1.54) is 11.3 Å². The number of hydrogen-bond donors (Lipinski definition) is 2. The zero-order valence-electron chi connectivity index (χ0n) is 10.2. The predicted molar refractivity (Wildman–Crippen MR) is 69.1 cm³/mol. The van der Waals surface area contributed by atoms with Crippen LogP contribution in [0.2, 0.25) is 0 Å². The Bertz CT molecular complexity index is 409. The van der Waals surface area contributed by atoms with Crippen LogP contribution in [0, 0.1) is 6.92 Å². The van der Waals surface area contributed by atoms with Gasteiger partial charge in [-0.1, -0.05) is 0 Å². The summed E-state index contributed by atoms with van der Waals surface area (Å²) < 4.78 is 0. The third-order valence-electron chi connectivity index (χ3n) is 2.48. The number of amides is 2. The van der Waals surface area contributed by atoms with E-state index in [9.17, 15) is 9.59 Å². The number of rotatable bonds is 4. The number of nitrogen functional groups attached to an aromatic ring is 1. The van der Waals surface area contributed by atoms with Crippen LogP contribution in [0.3, 0.4) is 0 Å². The van der Waals surface area contributed by atoms with E-state index in [0.29, 0.717) is 17.1 Å². The summed E-state index contributed by atoms with van der Waals surface area (Å²) in [5.41, 5.74) is 6.27. The summed E-state index contributed by atoms with van der Waals surface area (Å²) in [6.45, 7) is 4.37. The van der Waals surface area contributed by atoms with Crippen LogP contribution in [-0.4, -0.2) is 36.9 Å². The molecule has 1 aromatic rings. The van der Waals surface area contributed by atoms with Gasteiger partial charge in [0.2, 0.25) is 5.91 Å². The van der Waals surface area contributed by atoms with E-state index in [0.717, 1.165) is 4.88 Å². The SMILES string of the molecule is CCN(C)C(=O)CNC(=O)c1cc(N)c(C)s1. The molecule has 17 heavy (non-hydrogen) atoms. The smallest absolute Gasteiger partial charge is 0.261 e. The zero-order valence-corrected chi connectivity index (χ0v) is 11.1. The number of carbonyl (C=O) groups is 2. The molecule has 0 unspecified atom stereocenters. The fraction of sp³-hybridized carbons (Fsp3) is 0.455. The summed E-state index contributed by atoms with van der Waals surface area (Å²) in [7, 11) is 1.70. The molecule has 1 rings (SSSR count). The maximum Gasteiger partial charge on any atom is 0.261 e. The molecular formula is C11H17N3O2S. The standard InChI is InChI=1S/C11H17N3O2S/c1-4-14(3)10(15)6-13-11(16)9-5-8(12)7(2)17-9/h5H,4,6,12H2,1-3H3,(H,13,16). The number of nitrogens with zero attached hydrogens (tertiary/aromatic N) is 1. The molecule has 0 bridgehead atoms. The highest BCUT2D eigenvalue weighted by Gasteiger charge is 2.13. The third kappa shape index (κ3) is 3.45. The van der Waals surface area contributed by atoms with E-state index < -0.39 is 0 Å². The van der Waals surface area contributed by atoms with Gasteiger partial charge in [0.05, 0.1) is 11.4 Å². The number of hydrogen-bond acceptors (Lipinski definition) is 4. The first kappa shape index (κ1) is 13.5. The lowest BCUT2D eigenvalue weighted by molar-refractivity contribution is -0.128. The Morgan fingerprint density at radius 2 is 2.18 bits per heavy atom. The Morgan fingerprint density at radius 1 is 1.53 bits per heavy atom. The second-order valence-electron chi connectivity index (χ2n) is 3.71. The highest BCUT2D eigenvalue weighted by Crippen LogP contribution is 2.22. The molecule has 0 saturated heterocycles. The van der Waals surface area contributed by atoms with Crippen molar-refractivity contribution in [2.75, 3.05) is 25.9 Å². The summed E-state index contributed by atoms with van der Waals surface area (Å²) in [4.78, 5) is 26.2. The molecule has 0 aliphatic carbocycles. The summed E-state index contributed by atoms with van der Waals surface area (Å²) >= 11 is 1.33. The minimum absolute atomic E-state index is 0.0139. The normalized spacial score (nSPS) is 10.1. The van der Waals surface area contributed by atoms with Gasteiger partial charge in [0, 0.05) is 24.2 Å². The number of carbonyl (C=O) groups excluding carboxylic acids is 2. The van der Waals surface area contributed by atoms with Gasteiger partial charge < -0.3 is 16.0 Å². The van der Waals surface area contributed by atoms with E-state index in [1.54, 1.807) is 18.0 Å². The molecule has 1 aromatic heterocycles. The fourth-order valence-electron chi connectivity index (χ4n) is 1.16. The van der Waals surface area contributed by atoms with Crippen molar-refractivity contribution in [3.05, 3.63) is 15.8 Å². The molecule has 5 nitrogen and oxygen atoms in total. The number of thiophene rings is 1. The Labute approximate surface area is 105 Å². The summed E-state index contributed by atoms with van der Waals surface area (Å²) in [5.74, 6) is -0.366. The zero-order chi connectivity index (χ0) is 13.0. The Morgan fingerprint density at radius 3 is 2.65 bits per heavy atom. The number of anilines is 1. The molecular weight excluding hydrogens is 238 g/mol.